The maximum atomic E-state index is 12.8. The topological polar surface area (TPSA) is 54.5 Å². The summed E-state index contributed by atoms with van der Waals surface area (Å²) in [6, 6.07) is 16.3. The van der Waals surface area contributed by atoms with Crippen molar-refractivity contribution >= 4 is 17.2 Å². The third kappa shape index (κ3) is 4.71. The summed E-state index contributed by atoms with van der Waals surface area (Å²) >= 11 is 1.48. The van der Waals surface area contributed by atoms with E-state index in [1.807, 2.05) is 41.9 Å². The van der Waals surface area contributed by atoms with Crippen LogP contribution in [0.15, 0.2) is 60.1 Å². The molecule has 2 aliphatic rings. The van der Waals surface area contributed by atoms with Gasteiger partial charge >= 0.3 is 0 Å². The van der Waals surface area contributed by atoms with Gasteiger partial charge in [-0.25, -0.2) is 0 Å². The first kappa shape index (κ1) is 21.2. The van der Waals surface area contributed by atoms with Gasteiger partial charge in [-0.15, -0.1) is 11.3 Å². The monoisotopic (exact) mass is 447 g/mol. The van der Waals surface area contributed by atoms with Gasteiger partial charge in [0.25, 0.3) is 5.91 Å². The molecule has 2 atom stereocenters. The number of carbonyl (C=O) groups excluding carboxylic acids is 1. The molecule has 32 heavy (non-hydrogen) atoms. The number of rotatable bonds is 6. The molecule has 0 spiro atoms. The summed E-state index contributed by atoms with van der Waals surface area (Å²) in [6.45, 7) is 5.13. The Balaban J connectivity index is 1.23. The summed E-state index contributed by atoms with van der Waals surface area (Å²) in [6.07, 6.45) is 5.17. The highest BCUT2D eigenvalue weighted by atomic mass is 32.1. The minimum atomic E-state index is -0.0634. The largest absolute Gasteiger partial charge is 0.490 e. The molecule has 2 aromatic heterocycles. The van der Waals surface area contributed by atoms with Gasteiger partial charge in [-0.05, 0) is 79.5 Å². The Kier molecular flexibility index (Phi) is 6.23. The molecule has 1 fully saturated rings. The summed E-state index contributed by atoms with van der Waals surface area (Å²) < 4.78 is 5.84. The Morgan fingerprint density at radius 3 is 2.84 bits per heavy atom. The van der Waals surface area contributed by atoms with Gasteiger partial charge in [-0.1, -0.05) is 24.3 Å². The number of ether oxygens (including phenoxy) is 1. The predicted octanol–water partition coefficient (Wildman–Crippen LogP) is 4.85. The molecule has 0 saturated carbocycles. The zero-order valence-electron chi connectivity index (χ0n) is 18.4. The van der Waals surface area contributed by atoms with Gasteiger partial charge in [-0.3, -0.25) is 14.7 Å². The van der Waals surface area contributed by atoms with E-state index in [9.17, 15) is 4.79 Å². The summed E-state index contributed by atoms with van der Waals surface area (Å²) in [5.41, 5.74) is 3.63. The zero-order chi connectivity index (χ0) is 21.9. The fraction of sp³-hybridized carbons (Fsp3) is 0.385. The maximum absolute atomic E-state index is 12.8. The van der Waals surface area contributed by atoms with Gasteiger partial charge in [0, 0.05) is 19.2 Å². The fourth-order valence-electron chi connectivity index (χ4n) is 4.89. The van der Waals surface area contributed by atoms with Crippen molar-refractivity contribution in [1.82, 2.24) is 15.2 Å². The fourth-order valence-corrected chi connectivity index (χ4v) is 5.52. The van der Waals surface area contributed by atoms with Crippen molar-refractivity contribution in [3.63, 3.8) is 0 Å². The number of amides is 1. The molecule has 0 aliphatic carbocycles. The summed E-state index contributed by atoms with van der Waals surface area (Å²) in [5, 5.41) is 5.22. The second-order valence-electron chi connectivity index (χ2n) is 8.87. The van der Waals surface area contributed by atoms with Gasteiger partial charge in [-0.2, -0.15) is 0 Å². The normalized spacial score (nSPS) is 19.8. The van der Waals surface area contributed by atoms with Crippen LogP contribution in [-0.4, -0.2) is 35.0 Å². The molecule has 1 saturated heterocycles. The van der Waals surface area contributed by atoms with Crippen LogP contribution in [0.3, 0.4) is 0 Å². The number of fused-ring (bicyclic) bond motifs is 1. The molecule has 6 heteroatoms. The number of benzene rings is 1. The molecule has 0 radical (unpaired) electrons. The molecule has 0 unspecified atom stereocenters. The van der Waals surface area contributed by atoms with Crippen molar-refractivity contribution in [2.24, 2.45) is 5.92 Å². The first-order valence-corrected chi connectivity index (χ1v) is 12.3. The molecule has 5 rings (SSSR count). The summed E-state index contributed by atoms with van der Waals surface area (Å²) in [7, 11) is 0. The van der Waals surface area contributed by atoms with Gasteiger partial charge in [0.05, 0.1) is 16.6 Å². The Labute approximate surface area is 193 Å². The molecule has 166 valence electrons. The average molecular weight is 448 g/mol. The number of piperidine rings is 1. The number of nitrogens with one attached hydrogen (secondary N) is 1. The molecule has 5 nitrogen and oxygen atoms in total. The van der Waals surface area contributed by atoms with Crippen LogP contribution < -0.4 is 10.1 Å². The van der Waals surface area contributed by atoms with Gasteiger partial charge in [0.15, 0.2) is 0 Å². The summed E-state index contributed by atoms with van der Waals surface area (Å²) in [5.74, 6) is 1.41. The van der Waals surface area contributed by atoms with E-state index < -0.39 is 0 Å². The lowest BCUT2D eigenvalue weighted by molar-refractivity contribution is 0.0892. The van der Waals surface area contributed by atoms with E-state index in [0.717, 1.165) is 55.2 Å². The highest BCUT2D eigenvalue weighted by Crippen LogP contribution is 2.33. The van der Waals surface area contributed by atoms with E-state index in [4.69, 9.17) is 4.74 Å². The van der Waals surface area contributed by atoms with Crippen LogP contribution in [0.5, 0.6) is 5.75 Å². The number of aromatic nitrogens is 1. The minimum Gasteiger partial charge on any atom is -0.490 e. The number of thiophene rings is 1. The number of pyridine rings is 1. The van der Waals surface area contributed by atoms with E-state index in [0.29, 0.717) is 5.92 Å². The third-order valence-corrected chi connectivity index (χ3v) is 7.38. The molecule has 2 aliphatic heterocycles. The molecule has 4 heterocycles. The Morgan fingerprint density at radius 2 is 2.09 bits per heavy atom. The second kappa shape index (κ2) is 9.43. The number of likely N-dealkylation sites (tertiary alicyclic amines) is 1. The highest BCUT2D eigenvalue weighted by Gasteiger charge is 2.30. The lowest BCUT2D eigenvalue weighted by atomic mass is 9.87. The maximum Gasteiger partial charge on any atom is 0.261 e. The van der Waals surface area contributed by atoms with Crippen LogP contribution in [0.25, 0.3) is 0 Å². The van der Waals surface area contributed by atoms with Crippen LogP contribution >= 0.6 is 11.3 Å². The SMILES string of the molecule is C[C@H]1Cc2cc(CN3CCC([C@H](NC(=O)c4cccs4)c4ccccn4)CC3)ccc2O1. The molecule has 1 N–H and O–H groups in total. The number of nitrogens with zero attached hydrogens (tertiary/aromatic N) is 2. The molecular formula is C26H29N3O2S. The predicted molar refractivity (Wildman–Crippen MR) is 127 cm³/mol. The minimum absolute atomic E-state index is 0.00679. The molecule has 1 amide bonds. The van der Waals surface area contributed by atoms with Crippen molar-refractivity contribution in [2.45, 2.75) is 44.9 Å². The first-order chi connectivity index (χ1) is 15.7. The lowest BCUT2D eigenvalue weighted by Crippen LogP contribution is -2.40. The van der Waals surface area contributed by atoms with Gasteiger partial charge < -0.3 is 10.1 Å². The molecule has 1 aromatic carbocycles. The van der Waals surface area contributed by atoms with E-state index in [1.165, 1.54) is 22.5 Å². The zero-order valence-corrected chi connectivity index (χ0v) is 19.2. The van der Waals surface area contributed by atoms with E-state index >= 15 is 0 Å². The first-order valence-electron chi connectivity index (χ1n) is 11.4. The quantitative estimate of drug-likeness (QED) is 0.587. The van der Waals surface area contributed by atoms with Crippen molar-refractivity contribution in [3.8, 4) is 5.75 Å². The van der Waals surface area contributed by atoms with Crippen molar-refractivity contribution < 1.29 is 9.53 Å². The van der Waals surface area contributed by atoms with Crippen LogP contribution in [0.1, 0.15) is 52.3 Å². The highest BCUT2D eigenvalue weighted by molar-refractivity contribution is 7.12. The third-order valence-electron chi connectivity index (χ3n) is 6.51. The Morgan fingerprint density at radius 1 is 1.22 bits per heavy atom. The van der Waals surface area contributed by atoms with Gasteiger partial charge in [0.1, 0.15) is 11.9 Å². The van der Waals surface area contributed by atoms with Crippen LogP contribution in [0.4, 0.5) is 0 Å². The summed E-state index contributed by atoms with van der Waals surface area (Å²) in [4.78, 5) is 20.7. The average Bonchev–Trinajstić information content (AvgIpc) is 3.48. The Bertz CT molecular complexity index is 1050. The van der Waals surface area contributed by atoms with Crippen molar-refractivity contribution in [3.05, 3.63) is 81.8 Å². The number of hydrogen-bond acceptors (Lipinski definition) is 5. The van der Waals surface area contributed by atoms with Crippen LogP contribution in [0, 0.1) is 5.92 Å². The molecule has 3 aromatic rings. The molecular weight excluding hydrogens is 418 g/mol. The van der Waals surface area contributed by atoms with Crippen LogP contribution in [0.2, 0.25) is 0 Å². The number of carbonyl (C=O) groups is 1. The molecule has 0 bridgehead atoms. The van der Waals surface area contributed by atoms with Gasteiger partial charge in [0.2, 0.25) is 0 Å². The van der Waals surface area contributed by atoms with E-state index in [1.54, 1.807) is 0 Å². The second-order valence-corrected chi connectivity index (χ2v) is 9.82. The standard InChI is InChI=1S/C26H29N3O2S/c1-18-15-21-16-19(7-8-23(21)31-18)17-29-12-9-20(10-13-29)25(22-5-2-3-11-27-22)28-26(30)24-6-4-14-32-24/h2-8,11,14,16,18,20,25H,9-10,12-13,15,17H2,1H3,(H,28,30)/t18-,25-/m0/s1. The van der Waals surface area contributed by atoms with Crippen molar-refractivity contribution in [1.29, 1.82) is 0 Å². The number of hydrogen-bond donors (Lipinski definition) is 1. The Hall–Kier alpha value is -2.70. The van der Waals surface area contributed by atoms with Crippen molar-refractivity contribution in [2.75, 3.05) is 13.1 Å². The van der Waals surface area contributed by atoms with E-state index in [2.05, 4.69) is 40.3 Å². The lowest BCUT2D eigenvalue weighted by Gasteiger charge is -2.36. The van der Waals surface area contributed by atoms with Crippen LogP contribution in [-0.2, 0) is 13.0 Å². The smallest absolute Gasteiger partial charge is 0.261 e. The van der Waals surface area contributed by atoms with E-state index in [-0.39, 0.29) is 18.1 Å².